The SMILES string of the molecule is C[C@H](OC(=O)/C=C/c1cn(Cc2ccccc2)nn1)C(=O)NCCC1=CCCCC1. The Bertz CT molecular complexity index is 902. The number of rotatable bonds is 9. The highest BCUT2D eigenvalue weighted by Gasteiger charge is 2.16. The number of nitrogens with one attached hydrogen (secondary N) is 1. The molecule has 7 nitrogen and oxygen atoms in total. The fraction of sp³-hybridized carbons (Fsp3) is 0.391. The van der Waals surface area contributed by atoms with E-state index in [0.717, 1.165) is 24.8 Å². The molecule has 1 aliphatic rings. The Morgan fingerprint density at radius 1 is 1.27 bits per heavy atom. The van der Waals surface area contributed by atoms with Gasteiger partial charge >= 0.3 is 5.97 Å². The molecule has 0 spiro atoms. The van der Waals surface area contributed by atoms with Crippen LogP contribution in [0.4, 0.5) is 0 Å². The van der Waals surface area contributed by atoms with Gasteiger partial charge in [0.1, 0.15) is 5.69 Å². The van der Waals surface area contributed by atoms with Crippen LogP contribution in [-0.2, 0) is 20.9 Å². The molecule has 0 saturated heterocycles. The molecule has 0 aliphatic heterocycles. The summed E-state index contributed by atoms with van der Waals surface area (Å²) < 4.78 is 6.86. The van der Waals surface area contributed by atoms with Crippen molar-refractivity contribution in [3.8, 4) is 0 Å². The fourth-order valence-corrected chi connectivity index (χ4v) is 3.28. The molecule has 30 heavy (non-hydrogen) atoms. The van der Waals surface area contributed by atoms with Crippen molar-refractivity contribution in [3.05, 3.63) is 65.5 Å². The number of hydrogen-bond donors (Lipinski definition) is 1. The number of amides is 1. The van der Waals surface area contributed by atoms with E-state index in [4.69, 9.17) is 4.74 Å². The Morgan fingerprint density at radius 3 is 2.87 bits per heavy atom. The summed E-state index contributed by atoms with van der Waals surface area (Å²) in [7, 11) is 0. The lowest BCUT2D eigenvalue weighted by Gasteiger charge is -2.15. The van der Waals surface area contributed by atoms with Crippen LogP contribution >= 0.6 is 0 Å². The molecule has 1 aromatic carbocycles. The highest BCUT2D eigenvalue weighted by molar-refractivity contribution is 5.90. The second-order valence-electron chi connectivity index (χ2n) is 7.39. The van der Waals surface area contributed by atoms with Crippen LogP contribution < -0.4 is 5.32 Å². The topological polar surface area (TPSA) is 86.1 Å². The maximum Gasteiger partial charge on any atom is 0.331 e. The standard InChI is InChI=1S/C23H28N4O3/c1-18(23(29)24-15-14-19-8-4-2-5-9-19)30-22(28)13-12-21-17-27(26-25-21)16-20-10-6-3-7-11-20/h3,6-8,10-13,17-18H,2,4-5,9,14-16H2,1H3,(H,24,29)/b13-12+/t18-/m0/s1. The van der Waals surface area contributed by atoms with E-state index in [-0.39, 0.29) is 5.91 Å². The van der Waals surface area contributed by atoms with Gasteiger partial charge in [-0.25, -0.2) is 9.48 Å². The summed E-state index contributed by atoms with van der Waals surface area (Å²) in [4.78, 5) is 24.1. The number of ether oxygens (including phenoxy) is 1. The highest BCUT2D eigenvalue weighted by Crippen LogP contribution is 2.19. The number of hydrogen-bond acceptors (Lipinski definition) is 5. The van der Waals surface area contributed by atoms with Crippen LogP contribution in [0.15, 0.2) is 54.3 Å². The fourth-order valence-electron chi connectivity index (χ4n) is 3.28. The summed E-state index contributed by atoms with van der Waals surface area (Å²) in [6.07, 6.45) is 11.5. The Hall–Kier alpha value is -3.22. The zero-order chi connectivity index (χ0) is 21.2. The first-order valence-electron chi connectivity index (χ1n) is 10.4. The first kappa shape index (κ1) is 21.5. The first-order chi connectivity index (χ1) is 14.6. The second kappa shape index (κ2) is 11.1. The Morgan fingerprint density at radius 2 is 2.10 bits per heavy atom. The molecule has 0 bridgehead atoms. The van der Waals surface area contributed by atoms with Crippen molar-refractivity contribution in [3.63, 3.8) is 0 Å². The third-order valence-electron chi connectivity index (χ3n) is 4.93. The third-order valence-corrected chi connectivity index (χ3v) is 4.93. The number of aromatic nitrogens is 3. The zero-order valence-corrected chi connectivity index (χ0v) is 17.3. The van der Waals surface area contributed by atoms with E-state index >= 15 is 0 Å². The van der Waals surface area contributed by atoms with Gasteiger partial charge in [0.2, 0.25) is 0 Å². The summed E-state index contributed by atoms with van der Waals surface area (Å²) >= 11 is 0. The average Bonchev–Trinajstić information content (AvgIpc) is 3.21. The summed E-state index contributed by atoms with van der Waals surface area (Å²) in [6.45, 7) is 2.73. The predicted octanol–water partition coefficient (Wildman–Crippen LogP) is 3.28. The first-order valence-corrected chi connectivity index (χ1v) is 10.4. The van der Waals surface area contributed by atoms with E-state index in [1.165, 1.54) is 30.6 Å². The molecule has 0 radical (unpaired) electrons. The minimum atomic E-state index is -0.851. The Kier molecular flexibility index (Phi) is 7.94. The van der Waals surface area contributed by atoms with Crippen molar-refractivity contribution >= 4 is 18.0 Å². The molecule has 1 amide bonds. The van der Waals surface area contributed by atoms with Crippen molar-refractivity contribution in [1.82, 2.24) is 20.3 Å². The van der Waals surface area contributed by atoms with Gasteiger partial charge in [0, 0.05) is 12.6 Å². The Labute approximate surface area is 176 Å². The third kappa shape index (κ3) is 6.99. The van der Waals surface area contributed by atoms with Crippen molar-refractivity contribution in [1.29, 1.82) is 0 Å². The van der Waals surface area contributed by atoms with Gasteiger partial charge in [-0.15, -0.1) is 5.10 Å². The van der Waals surface area contributed by atoms with Gasteiger partial charge in [-0.1, -0.05) is 47.2 Å². The lowest BCUT2D eigenvalue weighted by molar-refractivity contribution is -0.150. The molecule has 3 rings (SSSR count). The largest absolute Gasteiger partial charge is 0.449 e. The summed E-state index contributed by atoms with van der Waals surface area (Å²) in [5.74, 6) is -0.882. The van der Waals surface area contributed by atoms with Gasteiger partial charge in [-0.3, -0.25) is 4.79 Å². The predicted molar refractivity (Wildman–Crippen MR) is 114 cm³/mol. The van der Waals surface area contributed by atoms with Crippen LogP contribution in [0.3, 0.4) is 0 Å². The Balaban J connectivity index is 1.40. The van der Waals surface area contributed by atoms with E-state index < -0.39 is 12.1 Å². The molecule has 0 fully saturated rings. The zero-order valence-electron chi connectivity index (χ0n) is 17.3. The van der Waals surface area contributed by atoms with Crippen LogP contribution in [0, 0.1) is 0 Å². The number of nitrogens with zero attached hydrogens (tertiary/aromatic N) is 3. The number of carbonyl (C=O) groups excluding carboxylic acids is 2. The van der Waals surface area contributed by atoms with E-state index in [1.54, 1.807) is 17.8 Å². The summed E-state index contributed by atoms with van der Waals surface area (Å²) in [5.41, 5.74) is 3.05. The van der Waals surface area contributed by atoms with E-state index in [0.29, 0.717) is 18.8 Å². The molecule has 1 aromatic heterocycles. The van der Waals surface area contributed by atoms with Crippen molar-refractivity contribution in [2.45, 2.75) is 51.7 Å². The molecule has 7 heteroatoms. The van der Waals surface area contributed by atoms with Gasteiger partial charge in [0.15, 0.2) is 6.10 Å². The van der Waals surface area contributed by atoms with E-state index in [9.17, 15) is 9.59 Å². The molecule has 1 N–H and O–H groups in total. The summed E-state index contributed by atoms with van der Waals surface area (Å²) in [6, 6.07) is 9.90. The maximum absolute atomic E-state index is 12.1. The highest BCUT2D eigenvalue weighted by atomic mass is 16.5. The van der Waals surface area contributed by atoms with Crippen LogP contribution in [-0.4, -0.2) is 39.5 Å². The molecule has 1 aliphatic carbocycles. The summed E-state index contributed by atoms with van der Waals surface area (Å²) in [5, 5.41) is 10.9. The second-order valence-corrected chi connectivity index (χ2v) is 7.39. The van der Waals surface area contributed by atoms with Gasteiger partial charge < -0.3 is 10.1 Å². The molecule has 1 heterocycles. The normalized spacial score (nSPS) is 14.9. The molecule has 1 atom stereocenters. The average molecular weight is 409 g/mol. The van der Waals surface area contributed by atoms with Crippen molar-refractivity contribution in [2.24, 2.45) is 0 Å². The quantitative estimate of drug-likeness (QED) is 0.391. The monoisotopic (exact) mass is 408 g/mol. The van der Waals surface area contributed by atoms with Gasteiger partial charge in [-0.2, -0.15) is 0 Å². The number of esters is 1. The minimum absolute atomic E-state index is 0.290. The molecule has 2 aromatic rings. The minimum Gasteiger partial charge on any atom is -0.449 e. The van der Waals surface area contributed by atoms with Gasteiger partial charge in [-0.05, 0) is 50.7 Å². The lowest BCUT2D eigenvalue weighted by Crippen LogP contribution is -2.36. The molecular formula is C23H28N4O3. The molecule has 0 saturated carbocycles. The van der Waals surface area contributed by atoms with Crippen LogP contribution in [0.25, 0.3) is 6.08 Å². The number of carbonyl (C=O) groups is 2. The molecular weight excluding hydrogens is 380 g/mol. The van der Waals surface area contributed by atoms with E-state index in [2.05, 4.69) is 21.7 Å². The van der Waals surface area contributed by atoms with Crippen molar-refractivity contribution < 1.29 is 14.3 Å². The molecule has 0 unspecified atom stereocenters. The van der Waals surface area contributed by atoms with Crippen LogP contribution in [0.1, 0.15) is 50.3 Å². The number of allylic oxidation sites excluding steroid dienone is 1. The number of benzene rings is 1. The van der Waals surface area contributed by atoms with Gasteiger partial charge in [0.05, 0.1) is 12.7 Å². The molecule has 158 valence electrons. The van der Waals surface area contributed by atoms with Crippen molar-refractivity contribution in [2.75, 3.05) is 6.54 Å². The smallest absolute Gasteiger partial charge is 0.331 e. The van der Waals surface area contributed by atoms with Crippen LogP contribution in [0.2, 0.25) is 0 Å². The lowest BCUT2D eigenvalue weighted by atomic mass is 9.97. The van der Waals surface area contributed by atoms with Crippen LogP contribution in [0.5, 0.6) is 0 Å². The van der Waals surface area contributed by atoms with Gasteiger partial charge in [0.25, 0.3) is 5.91 Å². The van der Waals surface area contributed by atoms with E-state index in [1.807, 2.05) is 30.3 Å². The maximum atomic E-state index is 12.1.